The van der Waals surface area contributed by atoms with Gasteiger partial charge in [0.15, 0.2) is 11.4 Å². The van der Waals surface area contributed by atoms with Gasteiger partial charge in [-0.15, -0.1) is 0 Å². The van der Waals surface area contributed by atoms with Crippen LogP contribution in [0.2, 0.25) is 0 Å². The second-order valence-electron chi connectivity index (χ2n) is 8.83. The quantitative estimate of drug-likeness (QED) is 0.376. The first-order valence-electron chi connectivity index (χ1n) is 12.6. The first kappa shape index (κ1) is 29.0. The van der Waals surface area contributed by atoms with Crippen LogP contribution in [0.1, 0.15) is 53.4 Å². The monoisotopic (exact) mass is 582 g/mol. The number of aromatic nitrogens is 1. The second-order valence-corrected chi connectivity index (χ2v) is 9.69. The van der Waals surface area contributed by atoms with E-state index in [1.165, 1.54) is 18.3 Å². The topological polar surface area (TPSA) is 143 Å². The number of benzene rings is 1. The number of halogens is 1. The van der Waals surface area contributed by atoms with Crippen LogP contribution in [0.15, 0.2) is 70.8 Å². The zero-order chi connectivity index (χ0) is 27.7. The van der Waals surface area contributed by atoms with Crippen molar-refractivity contribution in [2.75, 3.05) is 12.4 Å². The lowest BCUT2D eigenvalue weighted by Gasteiger charge is -2.27. The van der Waals surface area contributed by atoms with E-state index in [0.29, 0.717) is 51.4 Å². The van der Waals surface area contributed by atoms with Crippen LogP contribution in [0.5, 0.6) is 0 Å². The van der Waals surface area contributed by atoms with Crippen LogP contribution in [0.3, 0.4) is 0 Å². The van der Waals surface area contributed by atoms with Crippen molar-refractivity contribution in [1.29, 1.82) is 0 Å². The summed E-state index contributed by atoms with van der Waals surface area (Å²) in [5, 5.41) is 14.0. The zero-order valence-electron chi connectivity index (χ0n) is 22.5. The van der Waals surface area contributed by atoms with Crippen LogP contribution in [0.4, 0.5) is 6.01 Å². The highest BCUT2D eigenvalue weighted by Crippen LogP contribution is 2.26. The molecule has 4 rings (SSSR count). The van der Waals surface area contributed by atoms with Crippen molar-refractivity contribution in [1.82, 2.24) is 10.3 Å². The fourth-order valence-corrected chi connectivity index (χ4v) is 4.55. The fourth-order valence-electron chi connectivity index (χ4n) is 4.15. The molecule has 11 heteroatoms. The molecule has 4 N–H and O–H groups in total. The van der Waals surface area contributed by atoms with Gasteiger partial charge in [0.25, 0.3) is 0 Å². The van der Waals surface area contributed by atoms with E-state index in [0.717, 1.165) is 18.4 Å². The molecule has 0 fully saturated rings. The minimum atomic E-state index is -0.610. The molecule has 0 aliphatic carbocycles. The lowest BCUT2D eigenvalue weighted by atomic mass is 9.93. The normalized spacial score (nSPS) is 19.8. The standard InChI is InChI=1S/C20H23BrN6O2.C7H12N2/c1-4-7-14(28)16-11(2)24-19(26-18(16)17(23-3)12(21)10-22)27-20-25-13-8-5-6-9-15(13)29-20;1-3-7-4-5-8-9-6(7)2/h5-6,8-10,18H,4,7,22H2,1-3H3,(H2,24,25,26,27);5,7H,3-4H2,1-2H3/b12-10+,23-17?;. The molecule has 2 aliphatic rings. The maximum atomic E-state index is 12.8. The number of hydrogen-bond acceptors (Lipinski definition) is 10. The third-order valence-electron chi connectivity index (χ3n) is 6.20. The molecule has 0 spiro atoms. The Labute approximate surface area is 231 Å². The summed E-state index contributed by atoms with van der Waals surface area (Å²) >= 11 is 3.42. The van der Waals surface area contributed by atoms with E-state index >= 15 is 0 Å². The molecular formula is C27H35BrN8O2. The summed E-state index contributed by atoms with van der Waals surface area (Å²) in [5.74, 6) is 1.08. The van der Waals surface area contributed by atoms with E-state index in [1.54, 1.807) is 7.05 Å². The number of carbonyl (C=O) groups is 1. The Hall–Kier alpha value is -3.60. The number of nitrogens with one attached hydrogen (secondary N) is 2. The summed E-state index contributed by atoms with van der Waals surface area (Å²) in [6.45, 7) is 8.03. The van der Waals surface area contributed by atoms with Crippen molar-refractivity contribution >= 4 is 62.4 Å². The molecule has 2 aliphatic heterocycles. The lowest BCUT2D eigenvalue weighted by molar-refractivity contribution is -0.115. The van der Waals surface area contributed by atoms with Gasteiger partial charge in [0.2, 0.25) is 5.96 Å². The molecule has 10 nitrogen and oxygen atoms in total. The van der Waals surface area contributed by atoms with E-state index in [4.69, 9.17) is 10.2 Å². The number of ketones is 1. The average Bonchev–Trinajstić information content (AvgIpc) is 3.32. The lowest BCUT2D eigenvalue weighted by Crippen LogP contribution is -2.41. The molecule has 1 aromatic heterocycles. The van der Waals surface area contributed by atoms with Gasteiger partial charge in [0.05, 0.1) is 10.2 Å². The first-order valence-corrected chi connectivity index (χ1v) is 13.4. The summed E-state index contributed by atoms with van der Waals surface area (Å²) in [4.78, 5) is 26.2. The zero-order valence-corrected chi connectivity index (χ0v) is 24.0. The largest absolute Gasteiger partial charge is 0.423 e. The average molecular weight is 584 g/mol. The number of Topliss-reactive ketones (excluding diaryl/α,β-unsaturated/α-hetero) is 1. The number of fused-ring (bicyclic) bond motifs is 1. The van der Waals surface area contributed by atoms with Crippen molar-refractivity contribution in [3.05, 3.63) is 46.2 Å². The number of nitrogens with zero attached hydrogens (tertiary/aromatic N) is 5. The minimum Gasteiger partial charge on any atom is -0.423 e. The Morgan fingerprint density at radius 2 is 2.08 bits per heavy atom. The third-order valence-corrected chi connectivity index (χ3v) is 6.87. The van der Waals surface area contributed by atoms with E-state index < -0.39 is 6.04 Å². The van der Waals surface area contributed by atoms with Gasteiger partial charge >= 0.3 is 6.01 Å². The maximum absolute atomic E-state index is 12.8. The minimum absolute atomic E-state index is 0.0191. The molecule has 0 radical (unpaired) electrons. The molecule has 2 unspecified atom stereocenters. The second kappa shape index (κ2) is 13.8. The van der Waals surface area contributed by atoms with E-state index in [-0.39, 0.29) is 5.78 Å². The smallest absolute Gasteiger partial charge is 0.302 e. The van der Waals surface area contributed by atoms with Gasteiger partial charge in [-0.25, -0.2) is 4.99 Å². The molecule has 202 valence electrons. The number of guanidine groups is 1. The summed E-state index contributed by atoms with van der Waals surface area (Å²) in [6, 6.07) is 7.16. The van der Waals surface area contributed by atoms with E-state index in [2.05, 4.69) is 58.7 Å². The van der Waals surface area contributed by atoms with E-state index in [1.807, 2.05) is 51.3 Å². The van der Waals surface area contributed by atoms with Gasteiger partial charge in [0.1, 0.15) is 11.6 Å². The molecule has 1 aromatic carbocycles. The number of carbonyl (C=O) groups excluding carboxylic acids is 1. The maximum Gasteiger partial charge on any atom is 0.302 e. The van der Waals surface area contributed by atoms with Gasteiger partial charge in [-0.3, -0.25) is 15.1 Å². The van der Waals surface area contributed by atoms with Gasteiger partial charge < -0.3 is 15.5 Å². The molecule has 0 saturated carbocycles. The van der Waals surface area contributed by atoms with Crippen molar-refractivity contribution < 1.29 is 9.21 Å². The number of rotatable bonds is 7. The number of anilines is 1. The number of oxazole rings is 1. The Morgan fingerprint density at radius 1 is 1.32 bits per heavy atom. The first-order chi connectivity index (χ1) is 18.3. The summed E-state index contributed by atoms with van der Waals surface area (Å²) < 4.78 is 6.29. The Morgan fingerprint density at radius 3 is 2.68 bits per heavy atom. The number of nitrogens with two attached hydrogens (primary N) is 1. The Kier molecular flexibility index (Phi) is 10.5. The molecule has 0 saturated heterocycles. The predicted molar refractivity (Wildman–Crippen MR) is 159 cm³/mol. The summed E-state index contributed by atoms with van der Waals surface area (Å²) in [6.07, 6.45) is 6.71. The van der Waals surface area contributed by atoms with Gasteiger partial charge in [0, 0.05) is 48.8 Å². The summed E-state index contributed by atoms with van der Waals surface area (Å²) in [5.41, 5.74) is 10.1. The number of aliphatic imine (C=N–C) groups is 2. The molecule has 2 atom stereocenters. The van der Waals surface area contributed by atoms with Crippen molar-refractivity contribution in [3.8, 4) is 0 Å². The van der Waals surface area contributed by atoms with Gasteiger partial charge in [-0.1, -0.05) is 26.0 Å². The fraction of sp³-hybridized carbons (Fsp3) is 0.407. The van der Waals surface area contributed by atoms with Crippen LogP contribution in [-0.4, -0.2) is 47.5 Å². The molecule has 2 aromatic rings. The predicted octanol–water partition coefficient (Wildman–Crippen LogP) is 5.34. The molecule has 38 heavy (non-hydrogen) atoms. The van der Waals surface area contributed by atoms with Gasteiger partial charge in [-0.05, 0) is 61.2 Å². The van der Waals surface area contributed by atoms with E-state index in [9.17, 15) is 4.79 Å². The van der Waals surface area contributed by atoms with Crippen LogP contribution >= 0.6 is 15.9 Å². The number of allylic oxidation sites excluding steroid dienone is 1. The Bertz CT molecular complexity index is 1300. The highest BCUT2D eigenvalue weighted by atomic mass is 79.9. The number of para-hydroxylation sites is 2. The van der Waals surface area contributed by atoms with Crippen LogP contribution in [0.25, 0.3) is 11.1 Å². The summed E-state index contributed by atoms with van der Waals surface area (Å²) in [7, 11) is 1.64. The number of hydrogen-bond donors (Lipinski definition) is 3. The molecule has 0 amide bonds. The SMILES string of the molecule is CCC1CC=NN=C1C.CCCC(=O)C1=C(C)NC(Nc2nc3ccccc3o2)=NC1C(=NC)/C(Br)=C\N. The van der Waals surface area contributed by atoms with Crippen molar-refractivity contribution in [2.24, 2.45) is 31.8 Å². The van der Waals surface area contributed by atoms with Crippen molar-refractivity contribution in [3.63, 3.8) is 0 Å². The Balaban J connectivity index is 0.000000375. The van der Waals surface area contributed by atoms with Gasteiger partial charge in [-0.2, -0.15) is 15.2 Å². The van der Waals surface area contributed by atoms with Crippen molar-refractivity contribution in [2.45, 2.75) is 59.4 Å². The van der Waals surface area contributed by atoms with Crippen LogP contribution in [-0.2, 0) is 4.79 Å². The van der Waals surface area contributed by atoms with Crippen LogP contribution < -0.4 is 16.4 Å². The molecular weight excluding hydrogens is 548 g/mol. The molecule has 0 bridgehead atoms. The third kappa shape index (κ3) is 7.03. The highest BCUT2D eigenvalue weighted by Gasteiger charge is 2.32. The molecule has 3 heterocycles. The highest BCUT2D eigenvalue weighted by molar-refractivity contribution is 9.12. The van der Waals surface area contributed by atoms with Crippen LogP contribution in [0, 0.1) is 5.92 Å².